The molecule has 186 valence electrons. The fraction of sp³-hybridized carbons (Fsp3) is 0.538. The minimum Gasteiger partial charge on any atom is -0.352 e. The number of thiophene rings is 1. The van der Waals surface area contributed by atoms with Crippen molar-refractivity contribution in [2.24, 2.45) is 11.8 Å². The van der Waals surface area contributed by atoms with Crippen LogP contribution in [0.5, 0.6) is 0 Å². The van der Waals surface area contributed by atoms with Crippen molar-refractivity contribution in [3.63, 3.8) is 0 Å². The minimum atomic E-state index is -0.549. The third-order valence-electron chi connectivity index (χ3n) is 6.97. The Kier molecular flexibility index (Phi) is 6.88. The summed E-state index contributed by atoms with van der Waals surface area (Å²) in [5.41, 5.74) is 0.422. The first-order valence-corrected chi connectivity index (χ1v) is 13.5. The summed E-state index contributed by atoms with van der Waals surface area (Å²) in [6.45, 7) is 8.05. The second-order valence-corrected chi connectivity index (χ2v) is 11.4. The Labute approximate surface area is 208 Å². The normalized spacial score (nSPS) is 17.3. The number of rotatable bonds is 8. The van der Waals surface area contributed by atoms with E-state index in [0.717, 1.165) is 51.0 Å². The van der Waals surface area contributed by atoms with E-state index in [-0.39, 0.29) is 17.2 Å². The van der Waals surface area contributed by atoms with E-state index >= 15 is 0 Å². The molecule has 0 bridgehead atoms. The quantitative estimate of drug-likeness (QED) is 0.499. The third-order valence-corrected chi connectivity index (χ3v) is 7.84. The fourth-order valence-electron chi connectivity index (χ4n) is 4.90. The molecule has 2 N–H and O–H groups in total. The molecule has 2 fully saturated rings. The van der Waals surface area contributed by atoms with Gasteiger partial charge in [0.25, 0.3) is 11.5 Å². The second kappa shape index (κ2) is 10.1. The smallest absolute Gasteiger partial charge is 0.330 e. The van der Waals surface area contributed by atoms with E-state index in [9.17, 15) is 14.4 Å². The first-order chi connectivity index (χ1) is 16.9. The third kappa shape index (κ3) is 5.41. The van der Waals surface area contributed by atoms with Gasteiger partial charge in [-0.2, -0.15) is 0 Å². The molecule has 0 aromatic carbocycles. The standard InChI is InChI=1S/C26H33N5O3S/c1-16(2)14-31-23-22(25(33)29-26(31)34)20(12-21(28-23)18-5-6-18)24(32)27-13-17-7-9-30(10-8-17)15-19-4-3-11-35-19/h3-4,11-12,16-18H,5-10,13-15H2,1-2H3,(H,27,32)(H,29,33,34). The lowest BCUT2D eigenvalue weighted by atomic mass is 9.96. The molecule has 3 aromatic heterocycles. The van der Waals surface area contributed by atoms with Gasteiger partial charge in [0.2, 0.25) is 0 Å². The molecule has 0 atom stereocenters. The summed E-state index contributed by atoms with van der Waals surface area (Å²) >= 11 is 1.79. The van der Waals surface area contributed by atoms with Gasteiger partial charge in [-0.25, -0.2) is 9.78 Å². The lowest BCUT2D eigenvalue weighted by molar-refractivity contribution is 0.0936. The molecule has 0 unspecified atom stereocenters. The number of nitrogens with one attached hydrogen (secondary N) is 2. The summed E-state index contributed by atoms with van der Waals surface area (Å²) < 4.78 is 1.51. The van der Waals surface area contributed by atoms with Crippen LogP contribution >= 0.6 is 11.3 Å². The molecule has 0 radical (unpaired) electrons. The molecule has 8 nitrogen and oxygen atoms in total. The van der Waals surface area contributed by atoms with Crippen LogP contribution in [-0.2, 0) is 13.1 Å². The van der Waals surface area contributed by atoms with Gasteiger partial charge in [0, 0.05) is 36.1 Å². The molecule has 4 heterocycles. The van der Waals surface area contributed by atoms with E-state index in [0.29, 0.717) is 36.1 Å². The average Bonchev–Trinajstić information content (AvgIpc) is 3.57. The highest BCUT2D eigenvalue weighted by molar-refractivity contribution is 7.09. The molecule has 3 aromatic rings. The molecule has 2 aliphatic rings. The lowest BCUT2D eigenvalue weighted by Gasteiger charge is -2.31. The van der Waals surface area contributed by atoms with Gasteiger partial charge in [-0.05, 0) is 68.1 Å². The molecular formula is C26H33N5O3S. The van der Waals surface area contributed by atoms with Crippen molar-refractivity contribution in [2.45, 2.75) is 58.5 Å². The first-order valence-electron chi connectivity index (χ1n) is 12.6. The SMILES string of the molecule is CC(C)Cn1c(=O)[nH]c(=O)c2c(C(=O)NCC3CCN(Cc4cccs4)CC3)cc(C3CC3)nc21. The van der Waals surface area contributed by atoms with Crippen LogP contribution in [0.1, 0.15) is 66.4 Å². The molecule has 1 saturated heterocycles. The average molecular weight is 496 g/mol. The van der Waals surface area contributed by atoms with E-state index in [1.165, 1.54) is 9.44 Å². The zero-order chi connectivity index (χ0) is 24.5. The van der Waals surface area contributed by atoms with E-state index < -0.39 is 11.2 Å². The number of amides is 1. The van der Waals surface area contributed by atoms with Crippen molar-refractivity contribution in [3.8, 4) is 0 Å². The maximum absolute atomic E-state index is 13.4. The molecule has 5 rings (SSSR count). The number of H-pyrrole nitrogens is 1. The fourth-order valence-corrected chi connectivity index (χ4v) is 5.65. The van der Waals surface area contributed by atoms with Crippen LogP contribution in [0.3, 0.4) is 0 Å². The first kappa shape index (κ1) is 23.9. The van der Waals surface area contributed by atoms with Crippen molar-refractivity contribution in [2.75, 3.05) is 19.6 Å². The van der Waals surface area contributed by atoms with Crippen molar-refractivity contribution >= 4 is 28.3 Å². The van der Waals surface area contributed by atoms with Crippen LogP contribution in [0.2, 0.25) is 0 Å². The number of fused-ring (bicyclic) bond motifs is 1. The zero-order valence-corrected chi connectivity index (χ0v) is 21.2. The van der Waals surface area contributed by atoms with Crippen molar-refractivity contribution < 1.29 is 4.79 Å². The Morgan fingerprint density at radius 2 is 2.00 bits per heavy atom. The van der Waals surface area contributed by atoms with Gasteiger partial charge >= 0.3 is 5.69 Å². The lowest BCUT2D eigenvalue weighted by Crippen LogP contribution is -2.39. The molecule has 1 saturated carbocycles. The molecule has 1 aliphatic carbocycles. The van der Waals surface area contributed by atoms with Crippen LogP contribution in [0.15, 0.2) is 33.2 Å². The number of aromatic nitrogens is 3. The molecular weight excluding hydrogens is 462 g/mol. The number of aromatic amines is 1. The number of pyridine rings is 1. The van der Waals surface area contributed by atoms with Crippen LogP contribution in [0.25, 0.3) is 11.0 Å². The van der Waals surface area contributed by atoms with E-state index in [1.54, 1.807) is 17.4 Å². The number of nitrogens with zero attached hydrogens (tertiary/aromatic N) is 3. The summed E-state index contributed by atoms with van der Waals surface area (Å²) in [7, 11) is 0. The van der Waals surface area contributed by atoms with Gasteiger partial charge in [-0.3, -0.25) is 24.0 Å². The number of carbonyl (C=O) groups excluding carboxylic acids is 1. The van der Waals surface area contributed by atoms with Crippen LogP contribution in [0, 0.1) is 11.8 Å². The Hall–Kier alpha value is -2.78. The van der Waals surface area contributed by atoms with Gasteiger partial charge in [-0.1, -0.05) is 19.9 Å². The summed E-state index contributed by atoms with van der Waals surface area (Å²) in [6.07, 6.45) is 4.09. The van der Waals surface area contributed by atoms with Crippen molar-refractivity contribution in [1.29, 1.82) is 0 Å². The van der Waals surface area contributed by atoms with Gasteiger partial charge in [0.05, 0.1) is 10.9 Å². The Balaban J connectivity index is 1.34. The number of piperidine rings is 1. The predicted octanol–water partition coefficient (Wildman–Crippen LogP) is 3.32. The Bertz CT molecular complexity index is 1320. The van der Waals surface area contributed by atoms with Gasteiger partial charge in [0.15, 0.2) is 5.65 Å². The monoisotopic (exact) mass is 495 g/mol. The van der Waals surface area contributed by atoms with Gasteiger partial charge in [0.1, 0.15) is 0 Å². The maximum atomic E-state index is 13.4. The summed E-state index contributed by atoms with van der Waals surface area (Å²) in [6, 6.07) is 6.03. The van der Waals surface area contributed by atoms with Gasteiger partial charge in [-0.15, -0.1) is 11.3 Å². The number of hydrogen-bond donors (Lipinski definition) is 2. The summed E-state index contributed by atoms with van der Waals surface area (Å²) in [5, 5.41) is 5.41. The second-order valence-electron chi connectivity index (χ2n) is 10.3. The number of carbonyl (C=O) groups is 1. The minimum absolute atomic E-state index is 0.191. The van der Waals surface area contributed by atoms with Crippen LogP contribution < -0.4 is 16.6 Å². The van der Waals surface area contributed by atoms with Crippen molar-refractivity contribution in [1.82, 2.24) is 24.8 Å². The Morgan fingerprint density at radius 3 is 2.66 bits per heavy atom. The van der Waals surface area contributed by atoms with E-state index in [1.807, 2.05) is 13.8 Å². The topological polar surface area (TPSA) is 100 Å². The molecule has 35 heavy (non-hydrogen) atoms. The van der Waals surface area contributed by atoms with E-state index in [2.05, 4.69) is 32.7 Å². The van der Waals surface area contributed by atoms with E-state index in [4.69, 9.17) is 4.98 Å². The van der Waals surface area contributed by atoms with Crippen LogP contribution in [0.4, 0.5) is 0 Å². The van der Waals surface area contributed by atoms with Gasteiger partial charge < -0.3 is 5.32 Å². The Morgan fingerprint density at radius 1 is 1.23 bits per heavy atom. The molecule has 0 spiro atoms. The molecule has 1 amide bonds. The van der Waals surface area contributed by atoms with Crippen molar-refractivity contribution in [3.05, 3.63) is 60.6 Å². The number of hydrogen-bond acceptors (Lipinski definition) is 6. The highest BCUT2D eigenvalue weighted by Crippen LogP contribution is 2.40. The number of likely N-dealkylation sites (tertiary alicyclic amines) is 1. The molecule has 9 heteroatoms. The highest BCUT2D eigenvalue weighted by atomic mass is 32.1. The highest BCUT2D eigenvalue weighted by Gasteiger charge is 2.29. The summed E-state index contributed by atoms with van der Waals surface area (Å²) in [4.78, 5) is 49.7. The maximum Gasteiger partial charge on any atom is 0.330 e. The largest absolute Gasteiger partial charge is 0.352 e. The molecule has 1 aliphatic heterocycles. The predicted molar refractivity (Wildman–Crippen MR) is 138 cm³/mol. The zero-order valence-electron chi connectivity index (χ0n) is 20.4. The summed E-state index contributed by atoms with van der Waals surface area (Å²) in [5.74, 6) is 0.629. The van der Waals surface area contributed by atoms with Crippen LogP contribution in [-0.4, -0.2) is 45.0 Å².